The van der Waals surface area contributed by atoms with E-state index in [9.17, 15) is 54.4 Å². The predicted molar refractivity (Wildman–Crippen MR) is 117 cm³/mol. The van der Waals surface area contributed by atoms with Crippen molar-refractivity contribution in [1.29, 1.82) is 0 Å². The Hall–Kier alpha value is -2.66. The molecule has 0 bridgehead atoms. The molecule has 0 fully saturated rings. The second-order valence-corrected chi connectivity index (χ2v) is 8.72. The van der Waals surface area contributed by atoms with Crippen molar-refractivity contribution >= 4 is 31.5 Å². The number of phosphoric ester groups is 1. The first-order valence-corrected chi connectivity index (χ1v) is 11.8. The number of hydrogen-bond acceptors (Lipinski definition) is 13. The number of benzene rings is 1. The third-order valence-corrected chi connectivity index (χ3v) is 5.69. The number of nitrogens with zero attached hydrogens (tertiary/aromatic N) is 1. The summed E-state index contributed by atoms with van der Waals surface area (Å²) in [6.45, 7) is -2.91. The maximum atomic E-state index is 12.7. The van der Waals surface area contributed by atoms with Crippen LogP contribution in [0.4, 0.5) is 5.69 Å². The van der Waals surface area contributed by atoms with Crippen LogP contribution in [0.3, 0.4) is 0 Å². The van der Waals surface area contributed by atoms with Crippen LogP contribution in [0.1, 0.15) is 24.3 Å². The summed E-state index contributed by atoms with van der Waals surface area (Å²) in [4.78, 5) is 55.6. The Bertz CT molecular complexity index is 943. The van der Waals surface area contributed by atoms with Gasteiger partial charge in [-0.1, -0.05) is 12.1 Å². The van der Waals surface area contributed by atoms with Crippen LogP contribution >= 0.6 is 7.82 Å². The van der Waals surface area contributed by atoms with Crippen molar-refractivity contribution in [3.63, 3.8) is 0 Å². The lowest BCUT2D eigenvalue weighted by molar-refractivity contribution is -0.384. The van der Waals surface area contributed by atoms with E-state index in [0.717, 1.165) is 12.1 Å². The van der Waals surface area contributed by atoms with Gasteiger partial charge in [0, 0.05) is 31.6 Å². The van der Waals surface area contributed by atoms with Gasteiger partial charge >= 0.3 is 7.82 Å². The zero-order valence-electron chi connectivity index (χ0n) is 18.7. The highest BCUT2D eigenvalue weighted by atomic mass is 31.2. The number of aliphatic hydroxyl groups excluding tert-OH is 5. The maximum absolute atomic E-state index is 12.7. The van der Waals surface area contributed by atoms with Crippen molar-refractivity contribution in [1.82, 2.24) is 5.32 Å². The molecule has 0 heterocycles. The number of nitrogens with one attached hydrogen (secondary N) is 1. The first-order valence-electron chi connectivity index (χ1n) is 10.3. The lowest BCUT2D eigenvalue weighted by Gasteiger charge is -2.24. The first-order chi connectivity index (χ1) is 16.9. The smallest absolute Gasteiger partial charge is 0.396 e. The van der Waals surface area contributed by atoms with E-state index in [-0.39, 0.29) is 17.7 Å². The molecule has 202 valence electrons. The number of carbonyl (C=O) groups is 3. The van der Waals surface area contributed by atoms with Crippen molar-refractivity contribution in [2.45, 2.75) is 43.3 Å². The zero-order valence-corrected chi connectivity index (χ0v) is 19.5. The van der Waals surface area contributed by atoms with E-state index in [1.165, 1.54) is 12.1 Å². The zero-order chi connectivity index (χ0) is 27.5. The molecule has 36 heavy (non-hydrogen) atoms. The molecular weight excluding hydrogens is 511 g/mol. The standard InChI is InChI=1S/C19H27N2O14P/c22-7-5-13(11-1-3-12(4-2-11)21(30)31)19(29)20-16(6-8-23)35-36(32,33)34-10-15(26)18(28)17(27)14(25)9-24/h1-4,7,13-14,16-18,23-25,27-28H,5-6,8-10H2,(H,20,29)(H,32,33)/t13?,14-,16?,17+,18+/m0/s1. The molecule has 0 radical (unpaired) electrons. The lowest BCUT2D eigenvalue weighted by Crippen LogP contribution is -2.45. The Morgan fingerprint density at radius 2 is 1.78 bits per heavy atom. The molecule has 0 aliphatic carbocycles. The largest absolute Gasteiger partial charge is 0.474 e. The van der Waals surface area contributed by atoms with E-state index in [4.69, 9.17) is 9.63 Å². The summed E-state index contributed by atoms with van der Waals surface area (Å²) in [5.41, 5.74) is -0.0542. The van der Waals surface area contributed by atoms with E-state index in [1.807, 2.05) is 0 Å². The molecule has 17 heteroatoms. The van der Waals surface area contributed by atoms with E-state index in [0.29, 0.717) is 6.29 Å². The fourth-order valence-electron chi connectivity index (χ4n) is 2.78. The minimum absolute atomic E-state index is 0.208. The van der Waals surface area contributed by atoms with Crippen LogP contribution in [-0.4, -0.2) is 97.7 Å². The predicted octanol–water partition coefficient (Wildman–Crippen LogP) is -2.13. The molecule has 6 atom stereocenters. The summed E-state index contributed by atoms with van der Waals surface area (Å²) in [6.07, 6.45) is -8.31. The molecule has 0 saturated heterocycles. The molecule has 7 N–H and O–H groups in total. The van der Waals surface area contributed by atoms with Crippen LogP contribution in [-0.2, 0) is 28.0 Å². The lowest BCUT2D eigenvalue weighted by atomic mass is 9.95. The second kappa shape index (κ2) is 14.8. The van der Waals surface area contributed by atoms with Crippen molar-refractivity contribution < 1.29 is 63.3 Å². The van der Waals surface area contributed by atoms with Crippen LogP contribution in [0.2, 0.25) is 0 Å². The Morgan fingerprint density at radius 1 is 1.17 bits per heavy atom. The summed E-state index contributed by atoms with van der Waals surface area (Å²) in [5, 5.41) is 59.3. The van der Waals surface area contributed by atoms with Gasteiger partial charge in [-0.05, 0) is 5.56 Å². The van der Waals surface area contributed by atoms with Gasteiger partial charge in [0.25, 0.3) is 5.69 Å². The molecular formula is C19H27N2O14P. The Balaban J connectivity index is 2.87. The Morgan fingerprint density at radius 3 is 2.28 bits per heavy atom. The number of nitro benzene ring substituents is 1. The van der Waals surface area contributed by atoms with Gasteiger partial charge < -0.3 is 40.5 Å². The number of aldehydes is 1. The molecule has 1 aromatic carbocycles. The Kier molecular flexibility index (Phi) is 12.9. The van der Waals surface area contributed by atoms with Crippen LogP contribution in [0.25, 0.3) is 0 Å². The van der Waals surface area contributed by atoms with E-state index >= 15 is 0 Å². The molecule has 0 aliphatic heterocycles. The SMILES string of the molecule is O=CCC(C(=O)NC(CCO)OP(=O)(O)OCC(=O)[C@@H](O)[C@H](O)[C@@H](O)CO)c1ccc([N+](=O)[O-])cc1. The van der Waals surface area contributed by atoms with Crippen molar-refractivity contribution in [2.75, 3.05) is 19.8 Å². The minimum atomic E-state index is -5.12. The number of Topliss-reactive ketones (excluding diaryl/α,β-unsaturated/α-hetero) is 1. The van der Waals surface area contributed by atoms with E-state index in [1.54, 1.807) is 0 Å². The summed E-state index contributed by atoms with van der Waals surface area (Å²) < 4.78 is 21.4. The van der Waals surface area contributed by atoms with Gasteiger partial charge in [0.2, 0.25) is 5.91 Å². The molecule has 0 saturated carbocycles. The number of hydrogen-bond donors (Lipinski definition) is 7. The average molecular weight is 538 g/mol. The van der Waals surface area contributed by atoms with Gasteiger partial charge in [0.1, 0.15) is 37.4 Å². The van der Waals surface area contributed by atoms with Crippen molar-refractivity contribution in [2.24, 2.45) is 0 Å². The van der Waals surface area contributed by atoms with Gasteiger partial charge in [-0.25, -0.2) is 4.57 Å². The molecule has 1 rings (SSSR count). The molecule has 0 aromatic heterocycles. The van der Waals surface area contributed by atoms with Crippen LogP contribution in [0.5, 0.6) is 0 Å². The van der Waals surface area contributed by atoms with Crippen LogP contribution < -0.4 is 5.32 Å². The highest BCUT2D eigenvalue weighted by molar-refractivity contribution is 7.47. The summed E-state index contributed by atoms with van der Waals surface area (Å²) in [6, 6.07) is 4.71. The number of nitro groups is 1. The van der Waals surface area contributed by atoms with Gasteiger partial charge in [0.05, 0.1) is 17.4 Å². The van der Waals surface area contributed by atoms with Crippen molar-refractivity contribution in [3.05, 3.63) is 39.9 Å². The van der Waals surface area contributed by atoms with Crippen LogP contribution in [0, 0.1) is 10.1 Å². The summed E-state index contributed by atoms with van der Waals surface area (Å²) >= 11 is 0. The number of carbonyl (C=O) groups excluding carboxylic acids is 3. The number of non-ortho nitro benzene ring substituents is 1. The van der Waals surface area contributed by atoms with Gasteiger partial charge in [-0.2, -0.15) is 0 Å². The quantitative estimate of drug-likeness (QED) is 0.0367. The number of ketones is 1. The molecule has 0 spiro atoms. The van der Waals surface area contributed by atoms with Crippen LogP contribution in [0.15, 0.2) is 24.3 Å². The molecule has 16 nitrogen and oxygen atoms in total. The third-order valence-electron chi connectivity index (χ3n) is 4.71. The minimum Gasteiger partial charge on any atom is -0.396 e. The van der Waals surface area contributed by atoms with Gasteiger partial charge in [-0.3, -0.25) is 28.8 Å². The Labute approximate surface area is 203 Å². The highest BCUT2D eigenvalue weighted by Gasteiger charge is 2.34. The summed E-state index contributed by atoms with van der Waals surface area (Å²) in [7, 11) is -5.12. The second-order valence-electron chi connectivity index (χ2n) is 7.31. The highest BCUT2D eigenvalue weighted by Crippen LogP contribution is 2.44. The molecule has 3 unspecified atom stereocenters. The number of rotatable bonds is 17. The number of amides is 1. The van der Waals surface area contributed by atoms with E-state index < -0.39 is 81.1 Å². The maximum Gasteiger partial charge on any atom is 0.474 e. The molecule has 1 amide bonds. The van der Waals surface area contributed by atoms with E-state index in [2.05, 4.69) is 9.84 Å². The summed E-state index contributed by atoms with van der Waals surface area (Å²) in [5.74, 6) is -3.43. The van der Waals surface area contributed by atoms with Gasteiger partial charge in [0.15, 0.2) is 5.78 Å². The normalized spacial score (nSPS) is 17.2. The fourth-order valence-corrected chi connectivity index (χ4v) is 3.61. The fraction of sp³-hybridized carbons (Fsp3) is 0.526. The molecule has 0 aliphatic rings. The van der Waals surface area contributed by atoms with Crippen molar-refractivity contribution in [3.8, 4) is 0 Å². The monoisotopic (exact) mass is 538 g/mol. The topological polar surface area (TPSA) is 263 Å². The average Bonchev–Trinajstić information content (AvgIpc) is 2.84. The van der Waals surface area contributed by atoms with Gasteiger partial charge in [-0.15, -0.1) is 0 Å². The molecule has 1 aromatic rings. The first kappa shape index (κ1) is 31.4. The number of phosphoric acid groups is 1. The number of aliphatic hydroxyl groups is 5. The third kappa shape index (κ3) is 9.77.